The van der Waals surface area contributed by atoms with Crippen molar-refractivity contribution in [2.45, 2.75) is 13.0 Å². The van der Waals surface area contributed by atoms with Gasteiger partial charge < -0.3 is 15.3 Å². The van der Waals surface area contributed by atoms with Gasteiger partial charge in [-0.15, -0.1) is 0 Å². The van der Waals surface area contributed by atoms with Gasteiger partial charge in [-0.05, 0) is 38.7 Å². The molecule has 1 heterocycles. The van der Waals surface area contributed by atoms with Crippen molar-refractivity contribution >= 4 is 18.0 Å². The molecule has 0 bridgehead atoms. The number of nitrogens with zero attached hydrogens (tertiary/aromatic N) is 2. The van der Waals surface area contributed by atoms with Gasteiger partial charge in [-0.2, -0.15) is 0 Å². The zero-order valence-electron chi connectivity index (χ0n) is 11.8. The third kappa shape index (κ3) is 5.62. The molecule has 0 aliphatic rings. The van der Waals surface area contributed by atoms with Gasteiger partial charge in [-0.3, -0.25) is 9.78 Å². The van der Waals surface area contributed by atoms with E-state index in [0.717, 1.165) is 12.6 Å². The highest BCUT2D eigenvalue weighted by molar-refractivity contribution is 5.92. The predicted octanol–water partition coefficient (Wildman–Crippen LogP) is 0.859. The van der Waals surface area contributed by atoms with Crippen molar-refractivity contribution in [3.63, 3.8) is 0 Å². The molecule has 0 aromatic carbocycles. The highest BCUT2D eigenvalue weighted by Gasteiger charge is 2.11. The largest absolute Gasteiger partial charge is 0.478 e. The summed E-state index contributed by atoms with van der Waals surface area (Å²) in [5.74, 6) is -1.27. The molecule has 0 saturated heterocycles. The van der Waals surface area contributed by atoms with Crippen LogP contribution in [-0.4, -0.2) is 53.5 Å². The second kappa shape index (κ2) is 7.40. The maximum atomic E-state index is 11.9. The summed E-state index contributed by atoms with van der Waals surface area (Å²) < 4.78 is 0. The van der Waals surface area contributed by atoms with E-state index in [9.17, 15) is 9.59 Å². The molecule has 0 aliphatic carbocycles. The van der Waals surface area contributed by atoms with Crippen LogP contribution < -0.4 is 5.32 Å². The number of carboxylic acid groups (broad SMARTS) is 1. The van der Waals surface area contributed by atoms with Crippen LogP contribution in [0.3, 0.4) is 0 Å². The van der Waals surface area contributed by atoms with Gasteiger partial charge in [-0.1, -0.05) is 6.07 Å². The first-order valence-corrected chi connectivity index (χ1v) is 6.21. The predicted molar refractivity (Wildman–Crippen MR) is 76.4 cm³/mol. The molecular formula is C14H19N3O3. The van der Waals surface area contributed by atoms with Crippen LogP contribution in [0, 0.1) is 0 Å². The third-order valence-electron chi connectivity index (χ3n) is 2.45. The van der Waals surface area contributed by atoms with Crippen LogP contribution in [0.1, 0.15) is 23.0 Å². The van der Waals surface area contributed by atoms with Crippen molar-refractivity contribution in [3.8, 4) is 0 Å². The fourth-order valence-electron chi connectivity index (χ4n) is 1.70. The van der Waals surface area contributed by atoms with Gasteiger partial charge in [0.05, 0.1) is 0 Å². The van der Waals surface area contributed by atoms with E-state index >= 15 is 0 Å². The number of amides is 1. The van der Waals surface area contributed by atoms with Crippen LogP contribution in [0.25, 0.3) is 6.08 Å². The summed E-state index contributed by atoms with van der Waals surface area (Å²) in [4.78, 5) is 28.3. The second-order valence-corrected chi connectivity index (χ2v) is 4.79. The van der Waals surface area contributed by atoms with Crippen LogP contribution in [0.15, 0.2) is 24.4 Å². The second-order valence-electron chi connectivity index (χ2n) is 4.79. The lowest BCUT2D eigenvalue weighted by atomic mass is 10.2. The smallest absolute Gasteiger partial charge is 0.328 e. The molecule has 1 aromatic heterocycles. The summed E-state index contributed by atoms with van der Waals surface area (Å²) in [6.45, 7) is 2.66. The number of hydrogen-bond donors (Lipinski definition) is 2. The van der Waals surface area contributed by atoms with Gasteiger partial charge in [0.2, 0.25) is 0 Å². The number of carbonyl (C=O) groups is 2. The number of rotatable bonds is 6. The normalized spacial score (nSPS) is 12.6. The quantitative estimate of drug-likeness (QED) is 0.754. The maximum Gasteiger partial charge on any atom is 0.328 e. The molecule has 0 aliphatic heterocycles. The first-order valence-electron chi connectivity index (χ1n) is 6.21. The Hall–Kier alpha value is -2.21. The number of pyridine rings is 1. The lowest BCUT2D eigenvalue weighted by molar-refractivity contribution is -0.131. The van der Waals surface area contributed by atoms with Crippen molar-refractivity contribution in [3.05, 3.63) is 35.7 Å². The Morgan fingerprint density at radius 2 is 2.15 bits per heavy atom. The summed E-state index contributed by atoms with van der Waals surface area (Å²) in [5, 5.41) is 11.4. The van der Waals surface area contributed by atoms with E-state index in [2.05, 4.69) is 10.3 Å². The van der Waals surface area contributed by atoms with Gasteiger partial charge >= 0.3 is 5.97 Å². The fraction of sp³-hybridized carbons (Fsp3) is 0.357. The van der Waals surface area contributed by atoms with Crippen molar-refractivity contribution < 1.29 is 14.7 Å². The Balaban J connectivity index is 2.64. The molecule has 0 saturated carbocycles. The molecule has 1 rings (SSSR count). The van der Waals surface area contributed by atoms with Gasteiger partial charge in [0.15, 0.2) is 0 Å². The van der Waals surface area contributed by atoms with Crippen molar-refractivity contribution in [1.29, 1.82) is 0 Å². The monoisotopic (exact) mass is 277 g/mol. The Morgan fingerprint density at radius 1 is 1.45 bits per heavy atom. The molecule has 1 amide bonds. The molecule has 2 N–H and O–H groups in total. The number of carbonyl (C=O) groups excluding carboxylic acids is 1. The van der Waals surface area contributed by atoms with E-state index in [4.69, 9.17) is 5.11 Å². The molecule has 6 heteroatoms. The van der Waals surface area contributed by atoms with Crippen molar-refractivity contribution in [2.75, 3.05) is 20.6 Å². The number of aromatic nitrogens is 1. The first kappa shape index (κ1) is 15.8. The lowest BCUT2D eigenvalue weighted by Gasteiger charge is -2.17. The summed E-state index contributed by atoms with van der Waals surface area (Å²) in [6, 6.07) is 3.24. The minimum atomic E-state index is -1.02. The molecule has 6 nitrogen and oxygen atoms in total. The fourth-order valence-corrected chi connectivity index (χ4v) is 1.70. The number of aliphatic carboxylic acids is 1. The molecule has 20 heavy (non-hydrogen) atoms. The van der Waals surface area contributed by atoms with E-state index < -0.39 is 5.97 Å². The summed E-state index contributed by atoms with van der Waals surface area (Å²) in [5.41, 5.74) is 0.938. The van der Waals surface area contributed by atoms with Crippen LogP contribution in [-0.2, 0) is 4.79 Å². The van der Waals surface area contributed by atoms with Gasteiger partial charge in [0.1, 0.15) is 5.69 Å². The van der Waals surface area contributed by atoms with E-state index in [0.29, 0.717) is 11.3 Å². The van der Waals surface area contributed by atoms with Crippen LogP contribution in [0.4, 0.5) is 0 Å². The molecule has 1 atom stereocenters. The number of nitrogens with one attached hydrogen (secondary N) is 1. The zero-order chi connectivity index (χ0) is 15.1. The van der Waals surface area contributed by atoms with Gasteiger partial charge in [0.25, 0.3) is 5.91 Å². The van der Waals surface area contributed by atoms with E-state index in [-0.39, 0.29) is 11.9 Å². The average Bonchev–Trinajstić information content (AvgIpc) is 2.35. The molecule has 108 valence electrons. The lowest BCUT2D eigenvalue weighted by Crippen LogP contribution is -2.39. The highest BCUT2D eigenvalue weighted by atomic mass is 16.4. The van der Waals surface area contributed by atoms with Crippen molar-refractivity contribution in [1.82, 2.24) is 15.2 Å². The number of hydrogen-bond acceptors (Lipinski definition) is 4. The zero-order valence-corrected chi connectivity index (χ0v) is 11.8. The van der Waals surface area contributed by atoms with E-state index in [1.165, 1.54) is 12.3 Å². The van der Waals surface area contributed by atoms with Crippen LogP contribution in [0.2, 0.25) is 0 Å². The highest BCUT2D eigenvalue weighted by Crippen LogP contribution is 2.03. The Morgan fingerprint density at radius 3 is 2.65 bits per heavy atom. The Bertz CT molecular complexity index is 495. The maximum absolute atomic E-state index is 11.9. The summed E-state index contributed by atoms with van der Waals surface area (Å²) in [7, 11) is 3.87. The molecule has 0 radical (unpaired) electrons. The van der Waals surface area contributed by atoms with E-state index in [1.54, 1.807) is 12.1 Å². The Labute approximate surface area is 118 Å². The molecule has 1 unspecified atom stereocenters. The minimum absolute atomic E-state index is 0.0193. The Kier molecular flexibility index (Phi) is 5.86. The molecule has 0 spiro atoms. The minimum Gasteiger partial charge on any atom is -0.478 e. The number of carboxylic acids is 1. The molecular weight excluding hydrogens is 258 g/mol. The summed E-state index contributed by atoms with van der Waals surface area (Å²) in [6.07, 6.45) is 3.91. The van der Waals surface area contributed by atoms with Crippen LogP contribution >= 0.6 is 0 Å². The van der Waals surface area contributed by atoms with E-state index in [1.807, 2.05) is 25.9 Å². The molecule has 1 aromatic rings. The first-order chi connectivity index (χ1) is 9.38. The van der Waals surface area contributed by atoms with Gasteiger partial charge in [-0.25, -0.2) is 4.79 Å². The van der Waals surface area contributed by atoms with Gasteiger partial charge in [0, 0.05) is 24.9 Å². The van der Waals surface area contributed by atoms with Crippen molar-refractivity contribution in [2.24, 2.45) is 0 Å². The summed E-state index contributed by atoms with van der Waals surface area (Å²) >= 11 is 0. The SMILES string of the molecule is CC(CN(C)C)NC(=O)c1ccc(/C=C/C(=O)O)cn1. The number of likely N-dealkylation sites (N-methyl/N-ethyl adjacent to an activating group) is 1. The molecule has 0 fully saturated rings. The average molecular weight is 277 g/mol. The topological polar surface area (TPSA) is 82.5 Å². The third-order valence-corrected chi connectivity index (χ3v) is 2.45. The van der Waals surface area contributed by atoms with Crippen LogP contribution in [0.5, 0.6) is 0 Å². The standard InChI is InChI=1S/C14H19N3O3/c1-10(9-17(2)3)16-14(20)12-6-4-11(8-15-12)5-7-13(18)19/h4-8,10H,9H2,1-3H3,(H,16,20)(H,18,19)/b7-5+.